The average Bonchev–Trinajstić information content (AvgIpc) is 2.16. The Bertz CT molecular complexity index is 492. The molecule has 0 unspecified atom stereocenters. The maximum Gasteiger partial charge on any atom is 0.0320 e. The van der Waals surface area contributed by atoms with Crippen molar-refractivity contribution < 1.29 is 0 Å². The van der Waals surface area contributed by atoms with Gasteiger partial charge in [-0.3, -0.25) is 0 Å². The number of terminal acetylenes is 1. The fourth-order valence-corrected chi connectivity index (χ4v) is 1.35. The van der Waals surface area contributed by atoms with Gasteiger partial charge in [0.15, 0.2) is 0 Å². The first-order chi connectivity index (χ1) is 6.29. The molecule has 1 heteroatoms. The Labute approximate surface area is 77.2 Å². The highest BCUT2D eigenvalue weighted by atomic mass is 14.5. The molecule has 0 fully saturated rings. The molecule has 13 heavy (non-hydrogen) atoms. The summed E-state index contributed by atoms with van der Waals surface area (Å²) in [7, 11) is 0. The van der Waals surface area contributed by atoms with Crippen molar-refractivity contribution in [2.75, 3.05) is 5.73 Å². The molecule has 0 saturated heterocycles. The van der Waals surface area contributed by atoms with E-state index >= 15 is 0 Å². The van der Waals surface area contributed by atoms with Crippen LogP contribution in [0.4, 0.5) is 5.69 Å². The van der Waals surface area contributed by atoms with Gasteiger partial charge in [-0.15, -0.1) is 6.42 Å². The number of benzene rings is 2. The highest BCUT2D eigenvalue weighted by Crippen LogP contribution is 2.18. The van der Waals surface area contributed by atoms with Crippen molar-refractivity contribution in [3.05, 3.63) is 42.0 Å². The molecule has 2 aromatic carbocycles. The fourth-order valence-electron chi connectivity index (χ4n) is 1.35. The molecule has 1 nitrogen and oxygen atoms in total. The second-order valence-electron chi connectivity index (χ2n) is 2.97. The number of nitrogens with two attached hydrogens (primary N) is 1. The summed E-state index contributed by atoms with van der Waals surface area (Å²) in [6, 6.07) is 11.7. The zero-order chi connectivity index (χ0) is 9.26. The van der Waals surface area contributed by atoms with Gasteiger partial charge in [-0.1, -0.05) is 18.1 Å². The zero-order valence-corrected chi connectivity index (χ0v) is 7.12. The molecule has 0 aromatic heterocycles. The van der Waals surface area contributed by atoms with Gasteiger partial charge in [-0.05, 0) is 35.0 Å². The third-order valence-corrected chi connectivity index (χ3v) is 2.03. The van der Waals surface area contributed by atoms with Crippen LogP contribution in [0.3, 0.4) is 0 Å². The summed E-state index contributed by atoms with van der Waals surface area (Å²) in [6.07, 6.45) is 5.30. The van der Waals surface area contributed by atoms with Crippen LogP contribution in [0.1, 0.15) is 5.56 Å². The SMILES string of the molecule is C#Cc1ccc2ccc(N)cc2c1. The Morgan fingerprint density at radius 2 is 1.77 bits per heavy atom. The lowest BCUT2D eigenvalue weighted by atomic mass is 10.1. The molecule has 0 heterocycles. The minimum absolute atomic E-state index is 0.765. The molecular formula is C12H9N. The van der Waals surface area contributed by atoms with Gasteiger partial charge in [0.05, 0.1) is 0 Å². The van der Waals surface area contributed by atoms with Gasteiger partial charge in [0, 0.05) is 11.3 Å². The maximum absolute atomic E-state index is 5.66. The smallest absolute Gasteiger partial charge is 0.0320 e. The summed E-state index contributed by atoms with van der Waals surface area (Å²) < 4.78 is 0. The van der Waals surface area contributed by atoms with Gasteiger partial charge in [0.25, 0.3) is 0 Å². The van der Waals surface area contributed by atoms with Crippen molar-refractivity contribution in [2.45, 2.75) is 0 Å². The predicted molar refractivity (Wildman–Crippen MR) is 56.3 cm³/mol. The van der Waals surface area contributed by atoms with E-state index in [1.807, 2.05) is 36.4 Å². The van der Waals surface area contributed by atoms with Gasteiger partial charge in [-0.25, -0.2) is 0 Å². The van der Waals surface area contributed by atoms with E-state index in [4.69, 9.17) is 12.2 Å². The van der Waals surface area contributed by atoms with Crippen LogP contribution < -0.4 is 5.73 Å². The highest BCUT2D eigenvalue weighted by molar-refractivity contribution is 5.86. The average molecular weight is 167 g/mol. The van der Waals surface area contributed by atoms with Gasteiger partial charge >= 0.3 is 0 Å². The molecule has 0 amide bonds. The van der Waals surface area contributed by atoms with Crippen molar-refractivity contribution in [1.29, 1.82) is 0 Å². The summed E-state index contributed by atoms with van der Waals surface area (Å²) in [5.41, 5.74) is 7.32. The molecule has 0 spiro atoms. The number of rotatable bonds is 0. The van der Waals surface area contributed by atoms with Gasteiger partial charge < -0.3 is 5.73 Å². The van der Waals surface area contributed by atoms with Crippen molar-refractivity contribution in [2.24, 2.45) is 0 Å². The zero-order valence-electron chi connectivity index (χ0n) is 7.12. The van der Waals surface area contributed by atoms with Crippen LogP contribution in [-0.2, 0) is 0 Å². The lowest BCUT2D eigenvalue weighted by Crippen LogP contribution is -1.84. The van der Waals surface area contributed by atoms with Crippen LogP contribution in [0.5, 0.6) is 0 Å². The van der Waals surface area contributed by atoms with E-state index in [1.165, 1.54) is 0 Å². The number of fused-ring (bicyclic) bond motifs is 1. The fraction of sp³-hybridized carbons (Fsp3) is 0. The van der Waals surface area contributed by atoms with Gasteiger partial charge in [-0.2, -0.15) is 0 Å². The molecule has 0 bridgehead atoms. The Morgan fingerprint density at radius 1 is 1.00 bits per heavy atom. The third kappa shape index (κ3) is 1.34. The standard InChI is InChI=1S/C12H9N/c1-2-9-3-4-10-5-6-12(13)8-11(10)7-9/h1,3-8H,13H2. The quantitative estimate of drug-likeness (QED) is 0.473. The van der Waals surface area contributed by atoms with Crippen molar-refractivity contribution in [3.63, 3.8) is 0 Å². The van der Waals surface area contributed by atoms with Crippen molar-refractivity contribution >= 4 is 16.5 Å². The van der Waals surface area contributed by atoms with Crippen molar-refractivity contribution in [3.8, 4) is 12.3 Å². The van der Waals surface area contributed by atoms with E-state index in [1.54, 1.807) is 0 Å². The summed E-state index contributed by atoms with van der Waals surface area (Å²) in [5.74, 6) is 2.60. The van der Waals surface area contributed by atoms with Gasteiger partial charge in [0.2, 0.25) is 0 Å². The normalized spacial score (nSPS) is 9.77. The molecule has 0 aliphatic carbocycles. The first-order valence-electron chi connectivity index (χ1n) is 4.05. The van der Waals surface area contributed by atoms with Crippen LogP contribution in [0.25, 0.3) is 10.8 Å². The van der Waals surface area contributed by atoms with E-state index in [9.17, 15) is 0 Å². The second-order valence-corrected chi connectivity index (χ2v) is 2.97. The van der Waals surface area contributed by atoms with Crippen molar-refractivity contribution in [1.82, 2.24) is 0 Å². The van der Waals surface area contributed by atoms with Gasteiger partial charge in [0.1, 0.15) is 0 Å². The first kappa shape index (κ1) is 7.70. The predicted octanol–water partition coefficient (Wildman–Crippen LogP) is 2.40. The molecule has 2 N–H and O–H groups in total. The molecule has 0 aliphatic heterocycles. The minimum atomic E-state index is 0.765. The van der Waals surface area contributed by atoms with E-state index in [2.05, 4.69) is 5.92 Å². The Kier molecular flexibility index (Phi) is 1.68. The summed E-state index contributed by atoms with van der Waals surface area (Å²) in [4.78, 5) is 0. The summed E-state index contributed by atoms with van der Waals surface area (Å²) >= 11 is 0. The third-order valence-electron chi connectivity index (χ3n) is 2.03. The Balaban J connectivity index is 2.77. The molecule has 62 valence electrons. The minimum Gasteiger partial charge on any atom is -0.399 e. The Morgan fingerprint density at radius 3 is 2.54 bits per heavy atom. The number of anilines is 1. The molecular weight excluding hydrogens is 158 g/mol. The van der Waals surface area contributed by atoms with Crippen LogP contribution in [0.2, 0.25) is 0 Å². The molecule has 0 saturated carbocycles. The van der Waals surface area contributed by atoms with Crippen LogP contribution in [0, 0.1) is 12.3 Å². The van der Waals surface area contributed by atoms with E-state index in [-0.39, 0.29) is 0 Å². The molecule has 2 aromatic rings. The topological polar surface area (TPSA) is 26.0 Å². The summed E-state index contributed by atoms with van der Waals surface area (Å²) in [6.45, 7) is 0. The molecule has 0 atom stereocenters. The van der Waals surface area contributed by atoms with Crippen LogP contribution in [0.15, 0.2) is 36.4 Å². The summed E-state index contributed by atoms with van der Waals surface area (Å²) in [5, 5.41) is 2.25. The second kappa shape index (κ2) is 2.84. The lowest BCUT2D eigenvalue weighted by Gasteiger charge is -1.99. The molecule has 0 aliphatic rings. The van der Waals surface area contributed by atoms with Crippen LogP contribution in [-0.4, -0.2) is 0 Å². The highest BCUT2D eigenvalue weighted by Gasteiger charge is 1.94. The molecule has 0 radical (unpaired) electrons. The monoisotopic (exact) mass is 167 g/mol. The number of nitrogen functional groups attached to an aromatic ring is 1. The molecule has 2 rings (SSSR count). The number of hydrogen-bond acceptors (Lipinski definition) is 1. The Hall–Kier alpha value is -1.94. The van der Waals surface area contributed by atoms with E-state index < -0.39 is 0 Å². The number of hydrogen-bond donors (Lipinski definition) is 1. The van der Waals surface area contributed by atoms with E-state index in [0.29, 0.717) is 0 Å². The van der Waals surface area contributed by atoms with Crippen LogP contribution >= 0.6 is 0 Å². The largest absolute Gasteiger partial charge is 0.399 e. The van der Waals surface area contributed by atoms with E-state index in [0.717, 1.165) is 22.0 Å². The first-order valence-corrected chi connectivity index (χ1v) is 4.05. The lowest BCUT2D eigenvalue weighted by molar-refractivity contribution is 1.69. The maximum atomic E-state index is 5.66.